The van der Waals surface area contributed by atoms with Crippen LogP contribution in [0.25, 0.3) is 0 Å². The predicted molar refractivity (Wildman–Crippen MR) is 69.9 cm³/mol. The second-order valence-electron chi connectivity index (χ2n) is 6.56. The summed E-state index contributed by atoms with van der Waals surface area (Å²) >= 11 is 0. The van der Waals surface area contributed by atoms with Crippen LogP contribution in [-0.4, -0.2) is 30.1 Å². The number of hydrogen-bond donors (Lipinski definition) is 2. The van der Waals surface area contributed by atoms with Crippen LogP contribution in [0.5, 0.6) is 0 Å². The summed E-state index contributed by atoms with van der Waals surface area (Å²) in [5, 5.41) is 11.4. The third-order valence-electron chi connectivity index (χ3n) is 4.10. The Bertz CT molecular complexity index is 294. The van der Waals surface area contributed by atoms with Gasteiger partial charge in [0, 0.05) is 12.5 Å². The van der Waals surface area contributed by atoms with Crippen molar-refractivity contribution < 1.29 is 18.7 Å². The summed E-state index contributed by atoms with van der Waals surface area (Å²) in [5.41, 5.74) is 0.257. The third kappa shape index (κ3) is 5.05. The Labute approximate surface area is 113 Å². The van der Waals surface area contributed by atoms with Gasteiger partial charge in [-0.2, -0.15) is 0 Å². The van der Waals surface area contributed by atoms with Gasteiger partial charge < -0.3 is 10.4 Å². The second kappa shape index (κ2) is 6.64. The molecule has 0 aromatic carbocycles. The number of rotatable bonds is 4. The number of nitrogens with one attached hydrogen (secondary N) is 1. The number of hydrogen-bond acceptors (Lipinski definition) is 2. The molecule has 0 saturated heterocycles. The molecule has 2 N–H and O–H groups in total. The number of alkyl halides is 2. The lowest BCUT2D eigenvalue weighted by atomic mass is 9.69. The Morgan fingerprint density at radius 1 is 1.26 bits per heavy atom. The van der Waals surface area contributed by atoms with Gasteiger partial charge in [0.05, 0.1) is 0 Å². The second-order valence-corrected chi connectivity index (χ2v) is 6.56. The highest BCUT2D eigenvalue weighted by atomic mass is 19.3. The Morgan fingerprint density at radius 2 is 1.79 bits per heavy atom. The molecular weight excluding hydrogens is 252 g/mol. The maximum Gasteiger partial charge on any atom is 0.265 e. The maximum atomic E-state index is 12.1. The van der Waals surface area contributed by atoms with Crippen LogP contribution in [0.4, 0.5) is 8.78 Å². The van der Waals surface area contributed by atoms with E-state index in [1.807, 2.05) is 0 Å². The van der Waals surface area contributed by atoms with Crippen molar-refractivity contribution in [1.82, 2.24) is 5.32 Å². The molecule has 3 nitrogen and oxygen atoms in total. The van der Waals surface area contributed by atoms with Crippen LogP contribution in [0.1, 0.15) is 46.5 Å². The summed E-state index contributed by atoms with van der Waals surface area (Å²) in [4.78, 5) is 11.8. The molecule has 0 aromatic heterocycles. The quantitative estimate of drug-likeness (QED) is 0.830. The number of aliphatic hydroxyl groups is 1. The van der Waals surface area contributed by atoms with Crippen molar-refractivity contribution in [2.45, 2.75) is 59.0 Å². The summed E-state index contributed by atoms with van der Waals surface area (Å²) in [6, 6.07) is 0. The van der Waals surface area contributed by atoms with E-state index < -0.39 is 12.5 Å². The lowest BCUT2D eigenvalue weighted by Crippen LogP contribution is -2.40. The first kappa shape index (κ1) is 16.3. The van der Waals surface area contributed by atoms with Gasteiger partial charge >= 0.3 is 0 Å². The van der Waals surface area contributed by atoms with E-state index in [2.05, 4.69) is 26.1 Å². The first-order valence-corrected chi connectivity index (χ1v) is 6.95. The molecule has 5 heteroatoms. The minimum absolute atomic E-state index is 0.0940. The largest absolute Gasteiger partial charge is 0.385 e. The fourth-order valence-corrected chi connectivity index (χ4v) is 2.66. The summed E-state index contributed by atoms with van der Waals surface area (Å²) in [6.45, 7) is 6.25. The van der Waals surface area contributed by atoms with Crippen molar-refractivity contribution in [3.8, 4) is 0 Å². The molecule has 1 aliphatic rings. The Balaban J connectivity index is 2.33. The van der Waals surface area contributed by atoms with Gasteiger partial charge in [0.2, 0.25) is 5.91 Å². The van der Waals surface area contributed by atoms with Crippen molar-refractivity contribution in [1.29, 1.82) is 0 Å². The van der Waals surface area contributed by atoms with E-state index in [1.165, 1.54) is 0 Å². The van der Waals surface area contributed by atoms with Gasteiger partial charge in [0.1, 0.15) is 6.10 Å². The van der Waals surface area contributed by atoms with Gasteiger partial charge in [-0.15, -0.1) is 0 Å². The lowest BCUT2D eigenvalue weighted by molar-refractivity contribution is -0.127. The van der Waals surface area contributed by atoms with Crippen LogP contribution in [0, 0.1) is 17.3 Å². The molecule has 0 spiro atoms. The summed E-state index contributed by atoms with van der Waals surface area (Å²) in [7, 11) is 0. The molecule has 1 unspecified atom stereocenters. The van der Waals surface area contributed by atoms with Crippen molar-refractivity contribution in [3.63, 3.8) is 0 Å². The number of aliphatic hydroxyl groups excluding tert-OH is 1. The zero-order valence-corrected chi connectivity index (χ0v) is 12.0. The minimum Gasteiger partial charge on any atom is -0.385 e. The van der Waals surface area contributed by atoms with E-state index >= 15 is 0 Å². The van der Waals surface area contributed by atoms with Gasteiger partial charge in [-0.1, -0.05) is 20.8 Å². The van der Waals surface area contributed by atoms with Crippen molar-refractivity contribution in [2.75, 3.05) is 6.54 Å². The number of amides is 1. The molecule has 0 radical (unpaired) electrons. The van der Waals surface area contributed by atoms with Crippen LogP contribution in [0.15, 0.2) is 0 Å². The van der Waals surface area contributed by atoms with Gasteiger partial charge in [-0.05, 0) is 37.0 Å². The molecule has 1 rings (SSSR count). The highest BCUT2D eigenvalue weighted by Crippen LogP contribution is 2.39. The summed E-state index contributed by atoms with van der Waals surface area (Å²) in [5.74, 6) is 0.318. The van der Waals surface area contributed by atoms with E-state index in [0.29, 0.717) is 5.92 Å². The molecule has 19 heavy (non-hydrogen) atoms. The van der Waals surface area contributed by atoms with E-state index in [-0.39, 0.29) is 23.8 Å². The molecule has 1 aliphatic carbocycles. The average Bonchev–Trinajstić information content (AvgIpc) is 2.34. The fourth-order valence-electron chi connectivity index (χ4n) is 2.66. The molecule has 0 heterocycles. The van der Waals surface area contributed by atoms with Crippen LogP contribution in [0.2, 0.25) is 0 Å². The maximum absolute atomic E-state index is 12.1. The molecule has 1 saturated carbocycles. The monoisotopic (exact) mass is 277 g/mol. The van der Waals surface area contributed by atoms with Crippen molar-refractivity contribution in [3.05, 3.63) is 0 Å². The molecule has 1 amide bonds. The Morgan fingerprint density at radius 3 is 2.21 bits per heavy atom. The Kier molecular flexibility index (Phi) is 5.71. The standard InChI is InChI=1S/C14H25F2NO2/c1-14(2,3)10-6-4-9(5-7-10)13(19)17-8-11(18)12(15)16/h9-12,18H,4-8H2,1-3H3,(H,17,19). The molecule has 1 atom stereocenters. The average molecular weight is 277 g/mol. The zero-order chi connectivity index (χ0) is 14.6. The van der Waals surface area contributed by atoms with E-state index in [0.717, 1.165) is 25.7 Å². The smallest absolute Gasteiger partial charge is 0.265 e. The normalized spacial score (nSPS) is 26.3. The predicted octanol–water partition coefficient (Wildman–Crippen LogP) is 2.58. The molecule has 1 fully saturated rings. The SMILES string of the molecule is CC(C)(C)C1CCC(C(=O)NCC(O)C(F)F)CC1. The molecule has 0 aliphatic heterocycles. The van der Waals surface area contributed by atoms with E-state index in [1.54, 1.807) is 0 Å². The zero-order valence-electron chi connectivity index (χ0n) is 12.0. The summed E-state index contributed by atoms with van der Waals surface area (Å²) in [6.07, 6.45) is -0.971. The fraction of sp³-hybridized carbons (Fsp3) is 0.929. The molecule has 112 valence electrons. The van der Waals surface area contributed by atoms with Gasteiger partial charge in [0.25, 0.3) is 6.43 Å². The Hall–Kier alpha value is -0.710. The van der Waals surface area contributed by atoms with Gasteiger partial charge in [-0.3, -0.25) is 4.79 Å². The number of carbonyl (C=O) groups is 1. The molecule has 0 bridgehead atoms. The van der Waals surface area contributed by atoms with Gasteiger partial charge in [0.15, 0.2) is 0 Å². The topological polar surface area (TPSA) is 49.3 Å². The van der Waals surface area contributed by atoms with Crippen LogP contribution >= 0.6 is 0 Å². The minimum atomic E-state index is -2.81. The van der Waals surface area contributed by atoms with Gasteiger partial charge in [-0.25, -0.2) is 8.78 Å². The van der Waals surface area contributed by atoms with Crippen molar-refractivity contribution >= 4 is 5.91 Å². The highest BCUT2D eigenvalue weighted by Gasteiger charge is 2.32. The summed E-state index contributed by atoms with van der Waals surface area (Å²) < 4.78 is 24.2. The molecule has 0 aromatic rings. The van der Waals surface area contributed by atoms with Crippen LogP contribution in [-0.2, 0) is 4.79 Å². The van der Waals surface area contributed by atoms with E-state index in [4.69, 9.17) is 5.11 Å². The highest BCUT2D eigenvalue weighted by molar-refractivity contribution is 5.78. The molecular formula is C14H25F2NO2. The van der Waals surface area contributed by atoms with Crippen molar-refractivity contribution in [2.24, 2.45) is 17.3 Å². The number of carbonyl (C=O) groups excluding carboxylic acids is 1. The lowest BCUT2D eigenvalue weighted by Gasteiger charge is -2.36. The first-order valence-electron chi connectivity index (χ1n) is 6.95. The van der Waals surface area contributed by atoms with Crippen LogP contribution < -0.4 is 5.32 Å². The van der Waals surface area contributed by atoms with Crippen LogP contribution in [0.3, 0.4) is 0 Å². The number of halogens is 2. The first-order chi connectivity index (χ1) is 8.71. The van der Waals surface area contributed by atoms with E-state index in [9.17, 15) is 13.6 Å². The third-order valence-corrected chi connectivity index (χ3v) is 4.10.